The molecule has 0 bridgehead atoms. The summed E-state index contributed by atoms with van der Waals surface area (Å²) in [5.74, 6) is -1.45. The highest BCUT2D eigenvalue weighted by atomic mass is 32.2. The lowest BCUT2D eigenvalue weighted by Crippen LogP contribution is -1.96. The van der Waals surface area contributed by atoms with Crippen LogP contribution in [0.3, 0.4) is 0 Å². The molecule has 148 valence electrons. The van der Waals surface area contributed by atoms with E-state index in [1.807, 2.05) is 49.4 Å². The highest BCUT2D eigenvalue weighted by molar-refractivity contribution is 7.99. The predicted octanol–water partition coefficient (Wildman–Crippen LogP) is 5.53. The molecule has 1 atom stereocenters. The average molecular weight is 434 g/mol. The van der Waals surface area contributed by atoms with Gasteiger partial charge in [0.1, 0.15) is 6.10 Å². The molecule has 5 nitrogen and oxygen atoms in total. The Bertz CT molecular complexity index is 1220. The molecule has 2 heterocycles. The van der Waals surface area contributed by atoms with E-state index in [4.69, 9.17) is 4.74 Å². The summed E-state index contributed by atoms with van der Waals surface area (Å²) in [5.41, 5.74) is 2.18. The molecule has 0 amide bonds. The number of ether oxygens (including phenoxy) is 2. The zero-order valence-corrected chi connectivity index (χ0v) is 17.3. The Balaban J connectivity index is 1.30. The monoisotopic (exact) mass is 434 g/mol. The summed E-state index contributed by atoms with van der Waals surface area (Å²) in [5, 5.41) is 0. The number of esters is 3. The summed E-state index contributed by atoms with van der Waals surface area (Å²) in [6.07, 6.45) is -0.216. The van der Waals surface area contributed by atoms with E-state index in [2.05, 4.69) is 4.74 Å². The van der Waals surface area contributed by atoms with Crippen molar-refractivity contribution < 1.29 is 23.9 Å². The van der Waals surface area contributed by atoms with E-state index < -0.39 is 11.9 Å². The molecule has 5 rings (SSSR count). The largest absolute Gasteiger partial charge is 0.454 e. The Morgan fingerprint density at radius 3 is 1.83 bits per heavy atom. The van der Waals surface area contributed by atoms with Crippen LogP contribution in [-0.4, -0.2) is 17.9 Å². The molecule has 3 aromatic carbocycles. The third kappa shape index (κ3) is 3.40. The van der Waals surface area contributed by atoms with Crippen LogP contribution < -0.4 is 0 Å². The maximum atomic E-state index is 11.8. The van der Waals surface area contributed by atoms with Crippen molar-refractivity contribution in [3.63, 3.8) is 0 Å². The van der Waals surface area contributed by atoms with Gasteiger partial charge in [-0.3, -0.25) is 0 Å². The third-order valence-corrected chi connectivity index (χ3v) is 6.87. The first kappa shape index (κ1) is 19.0. The van der Waals surface area contributed by atoms with Gasteiger partial charge in [0.15, 0.2) is 0 Å². The van der Waals surface area contributed by atoms with E-state index in [1.165, 1.54) is 11.8 Å². The van der Waals surface area contributed by atoms with Crippen LogP contribution in [0.4, 0.5) is 0 Å². The highest BCUT2D eigenvalue weighted by Gasteiger charge is 2.30. The Kier molecular flexibility index (Phi) is 4.64. The molecule has 7 heteroatoms. The summed E-state index contributed by atoms with van der Waals surface area (Å²) in [6, 6.07) is 18.9. The number of fused-ring (bicyclic) bond motifs is 2. The van der Waals surface area contributed by atoms with E-state index in [-0.39, 0.29) is 12.1 Å². The number of carbonyl (C=O) groups is 3. The molecule has 0 aromatic heterocycles. The topological polar surface area (TPSA) is 69.7 Å². The number of benzene rings is 3. The molecule has 0 aliphatic carbocycles. The molecular formula is C23H14O5S2. The van der Waals surface area contributed by atoms with Gasteiger partial charge < -0.3 is 9.47 Å². The van der Waals surface area contributed by atoms with Gasteiger partial charge in [-0.25, -0.2) is 14.4 Å². The zero-order chi connectivity index (χ0) is 20.8. The molecule has 2 aliphatic heterocycles. The molecule has 0 saturated heterocycles. The van der Waals surface area contributed by atoms with Crippen LogP contribution in [0.2, 0.25) is 0 Å². The number of cyclic esters (lactones) is 3. The molecule has 0 fully saturated rings. The van der Waals surface area contributed by atoms with E-state index in [0.717, 1.165) is 25.1 Å². The van der Waals surface area contributed by atoms with Gasteiger partial charge in [0.25, 0.3) is 0 Å². The van der Waals surface area contributed by atoms with Crippen molar-refractivity contribution in [2.75, 3.05) is 0 Å². The Morgan fingerprint density at radius 1 is 0.633 bits per heavy atom. The Hall–Kier alpha value is -3.03. The lowest BCUT2D eigenvalue weighted by molar-refractivity contribution is 0.0415. The lowest BCUT2D eigenvalue weighted by atomic mass is 10.1. The zero-order valence-electron chi connectivity index (χ0n) is 15.7. The first-order valence-corrected chi connectivity index (χ1v) is 10.8. The summed E-state index contributed by atoms with van der Waals surface area (Å²) in [6.45, 7) is 1.87. The Labute approximate surface area is 180 Å². The van der Waals surface area contributed by atoms with Crippen LogP contribution in [0.15, 0.2) is 80.2 Å². The number of hydrogen-bond acceptors (Lipinski definition) is 7. The number of rotatable bonds is 4. The van der Waals surface area contributed by atoms with Crippen molar-refractivity contribution in [1.29, 1.82) is 0 Å². The smallest absolute Gasteiger partial charge is 0.346 e. The van der Waals surface area contributed by atoms with Crippen LogP contribution in [-0.2, 0) is 9.47 Å². The molecule has 30 heavy (non-hydrogen) atoms. The fraction of sp³-hybridized carbons (Fsp3) is 0.0870. The second-order valence-corrected chi connectivity index (χ2v) is 9.15. The molecule has 1 unspecified atom stereocenters. The molecule has 2 aliphatic rings. The van der Waals surface area contributed by atoms with Gasteiger partial charge >= 0.3 is 17.9 Å². The van der Waals surface area contributed by atoms with E-state index >= 15 is 0 Å². The van der Waals surface area contributed by atoms with Gasteiger partial charge in [0, 0.05) is 25.1 Å². The van der Waals surface area contributed by atoms with Crippen molar-refractivity contribution in [2.45, 2.75) is 32.6 Å². The van der Waals surface area contributed by atoms with Gasteiger partial charge in [-0.15, -0.1) is 0 Å². The second kappa shape index (κ2) is 7.34. The van der Waals surface area contributed by atoms with Crippen LogP contribution in [0.1, 0.15) is 49.7 Å². The first-order valence-electron chi connectivity index (χ1n) is 9.19. The Morgan fingerprint density at radius 2 is 1.17 bits per heavy atom. The van der Waals surface area contributed by atoms with Crippen molar-refractivity contribution in [3.05, 3.63) is 82.9 Å². The molecule has 0 radical (unpaired) electrons. The molecular weight excluding hydrogens is 420 g/mol. The summed E-state index contributed by atoms with van der Waals surface area (Å²) >= 11 is 3.12. The molecule has 0 spiro atoms. The van der Waals surface area contributed by atoms with Crippen molar-refractivity contribution >= 4 is 41.4 Å². The minimum absolute atomic E-state index is 0.216. The summed E-state index contributed by atoms with van der Waals surface area (Å²) < 4.78 is 9.88. The first-order chi connectivity index (χ1) is 14.5. The van der Waals surface area contributed by atoms with E-state index in [0.29, 0.717) is 16.7 Å². The standard InChI is InChI=1S/C23H14O5S2/c1-12-19-10-15(6-8-17(19)21(24)27-12)29-13-2-4-14(5-3-13)30-16-7-9-18-20(11-16)23(26)28-22(18)25/h2-12H,1H3. The average Bonchev–Trinajstić information content (AvgIpc) is 3.18. The van der Waals surface area contributed by atoms with Gasteiger partial charge in [-0.2, -0.15) is 0 Å². The van der Waals surface area contributed by atoms with E-state index in [1.54, 1.807) is 30.0 Å². The second-order valence-electron chi connectivity index (χ2n) is 6.86. The van der Waals surface area contributed by atoms with Gasteiger partial charge in [0.05, 0.1) is 16.7 Å². The highest BCUT2D eigenvalue weighted by Crippen LogP contribution is 2.37. The molecule has 3 aromatic rings. The van der Waals surface area contributed by atoms with Gasteiger partial charge in [-0.05, 0) is 67.6 Å². The SMILES string of the molecule is CC1OC(=O)c2ccc(Sc3ccc(Sc4ccc5c(c4)C(=O)OC5=O)cc3)cc21. The van der Waals surface area contributed by atoms with Crippen molar-refractivity contribution in [1.82, 2.24) is 0 Å². The maximum absolute atomic E-state index is 11.8. The van der Waals surface area contributed by atoms with Crippen molar-refractivity contribution in [3.8, 4) is 0 Å². The van der Waals surface area contributed by atoms with E-state index in [9.17, 15) is 14.4 Å². The minimum atomic E-state index is -0.597. The number of hydrogen-bond donors (Lipinski definition) is 0. The predicted molar refractivity (Wildman–Crippen MR) is 111 cm³/mol. The van der Waals surface area contributed by atoms with Crippen LogP contribution in [0.25, 0.3) is 0 Å². The minimum Gasteiger partial charge on any atom is -0.454 e. The number of carbonyl (C=O) groups excluding carboxylic acids is 3. The summed E-state index contributed by atoms with van der Waals surface area (Å²) in [4.78, 5) is 39.0. The van der Waals surface area contributed by atoms with Crippen LogP contribution in [0, 0.1) is 0 Å². The van der Waals surface area contributed by atoms with Gasteiger partial charge in [-0.1, -0.05) is 23.5 Å². The lowest BCUT2D eigenvalue weighted by Gasteiger charge is -2.07. The fourth-order valence-electron chi connectivity index (χ4n) is 3.39. The quantitative estimate of drug-likeness (QED) is 0.395. The van der Waals surface area contributed by atoms with Crippen LogP contribution >= 0.6 is 23.5 Å². The van der Waals surface area contributed by atoms with Crippen molar-refractivity contribution in [2.24, 2.45) is 0 Å². The molecule has 0 saturated carbocycles. The third-order valence-electron chi connectivity index (χ3n) is 4.88. The summed E-state index contributed by atoms with van der Waals surface area (Å²) in [7, 11) is 0. The van der Waals surface area contributed by atoms with Gasteiger partial charge in [0.2, 0.25) is 0 Å². The van der Waals surface area contributed by atoms with Crippen LogP contribution in [0.5, 0.6) is 0 Å². The fourth-order valence-corrected chi connectivity index (χ4v) is 5.11. The normalized spacial score (nSPS) is 16.8. The maximum Gasteiger partial charge on any atom is 0.346 e. The molecule has 0 N–H and O–H groups in total.